The molecule has 0 aliphatic carbocycles. The van der Waals surface area contributed by atoms with Crippen molar-refractivity contribution in [3.05, 3.63) is 18.2 Å². The van der Waals surface area contributed by atoms with Crippen molar-refractivity contribution in [2.45, 2.75) is 50.7 Å². The molecular formula is C15H26N6O4. The Balaban J connectivity index is 2.78. The maximum absolute atomic E-state index is 12.5. The van der Waals surface area contributed by atoms with Gasteiger partial charge in [-0.3, -0.25) is 9.59 Å². The lowest BCUT2D eigenvalue weighted by Gasteiger charge is -2.22. The fourth-order valence-electron chi connectivity index (χ4n) is 2.15. The number of carboxylic acid groups (broad SMARTS) is 1. The van der Waals surface area contributed by atoms with Crippen LogP contribution in [0.4, 0.5) is 0 Å². The van der Waals surface area contributed by atoms with Crippen LogP contribution in [-0.4, -0.2) is 57.5 Å². The Morgan fingerprint density at radius 1 is 1.24 bits per heavy atom. The Morgan fingerprint density at radius 2 is 1.92 bits per heavy atom. The quantitative estimate of drug-likeness (QED) is 0.261. The third-order valence-electron chi connectivity index (χ3n) is 3.59. The van der Waals surface area contributed by atoms with Gasteiger partial charge in [-0.15, -0.1) is 0 Å². The minimum absolute atomic E-state index is 0.138. The van der Waals surface area contributed by atoms with Crippen LogP contribution in [0.1, 0.15) is 31.9 Å². The Kier molecular flexibility index (Phi) is 8.57. The number of carbonyl (C=O) groups is 3. The van der Waals surface area contributed by atoms with E-state index in [1.165, 1.54) is 19.4 Å². The number of amides is 2. The number of nitrogens with one attached hydrogen (secondary N) is 3. The summed E-state index contributed by atoms with van der Waals surface area (Å²) in [6.07, 6.45) is 4.61. The smallest absolute Gasteiger partial charge is 0.326 e. The highest BCUT2D eigenvalue weighted by atomic mass is 16.4. The predicted molar refractivity (Wildman–Crippen MR) is 90.3 cm³/mol. The molecule has 8 N–H and O–H groups in total. The maximum atomic E-state index is 12.5. The third kappa shape index (κ3) is 7.31. The number of hydrogen-bond donors (Lipinski definition) is 6. The number of carbonyl (C=O) groups excluding carboxylic acids is 2. The molecule has 0 spiro atoms. The van der Waals surface area contributed by atoms with Crippen molar-refractivity contribution in [3.8, 4) is 0 Å². The van der Waals surface area contributed by atoms with Crippen molar-refractivity contribution >= 4 is 17.8 Å². The number of aliphatic carboxylic acids is 1. The van der Waals surface area contributed by atoms with E-state index in [1.807, 2.05) is 0 Å². The summed E-state index contributed by atoms with van der Waals surface area (Å²) in [6.45, 7) is 1.94. The van der Waals surface area contributed by atoms with Crippen molar-refractivity contribution in [1.29, 1.82) is 0 Å². The first-order valence-corrected chi connectivity index (χ1v) is 8.11. The number of nitrogens with zero attached hydrogens (tertiary/aromatic N) is 1. The molecule has 0 bridgehead atoms. The molecular weight excluding hydrogens is 328 g/mol. The number of hydrogen-bond acceptors (Lipinski definition) is 6. The summed E-state index contributed by atoms with van der Waals surface area (Å²) in [6, 6.07) is -2.80. The van der Waals surface area contributed by atoms with Gasteiger partial charge in [0.15, 0.2) is 0 Å². The summed E-state index contributed by atoms with van der Waals surface area (Å²) < 4.78 is 0. The lowest BCUT2D eigenvalue weighted by molar-refractivity contribution is -0.142. The van der Waals surface area contributed by atoms with Crippen molar-refractivity contribution < 1.29 is 19.5 Å². The molecule has 0 saturated heterocycles. The SMILES string of the molecule is C[C@@H](N)C(=O)N[C@@H](Cc1cnc[nH]1)C(=O)N[C@H](CCCCN)C(=O)O. The standard InChI is InChI=1S/C15H26N6O4/c1-9(17)13(22)21-12(6-10-7-18-8-19-10)14(23)20-11(15(24)25)4-2-3-5-16/h7-9,11-12H,2-6,16-17H2,1H3,(H,18,19)(H,20,23)(H,21,22)(H,24,25)/t9-,11-,12+/m1/s1. The summed E-state index contributed by atoms with van der Waals surface area (Å²) >= 11 is 0. The van der Waals surface area contributed by atoms with Gasteiger partial charge in [0.2, 0.25) is 11.8 Å². The molecule has 3 atom stereocenters. The summed E-state index contributed by atoms with van der Waals surface area (Å²) in [4.78, 5) is 42.4. The molecule has 10 nitrogen and oxygen atoms in total. The van der Waals surface area contributed by atoms with Crippen LogP contribution < -0.4 is 22.1 Å². The molecule has 1 aromatic rings. The van der Waals surface area contributed by atoms with Crippen molar-refractivity contribution in [2.24, 2.45) is 11.5 Å². The van der Waals surface area contributed by atoms with E-state index in [-0.39, 0.29) is 12.8 Å². The second-order valence-corrected chi connectivity index (χ2v) is 5.81. The minimum atomic E-state index is -1.14. The van der Waals surface area contributed by atoms with Gasteiger partial charge in [-0.25, -0.2) is 9.78 Å². The van der Waals surface area contributed by atoms with Gasteiger partial charge in [-0.2, -0.15) is 0 Å². The Hall–Kier alpha value is -2.46. The molecule has 1 aromatic heterocycles. The minimum Gasteiger partial charge on any atom is -0.480 e. The lowest BCUT2D eigenvalue weighted by Crippen LogP contribution is -2.54. The summed E-state index contributed by atoms with van der Waals surface area (Å²) in [7, 11) is 0. The Labute approximate surface area is 145 Å². The largest absolute Gasteiger partial charge is 0.480 e. The lowest BCUT2D eigenvalue weighted by atomic mass is 10.1. The van der Waals surface area contributed by atoms with Crippen LogP contribution in [0, 0.1) is 0 Å². The van der Waals surface area contributed by atoms with Gasteiger partial charge in [-0.05, 0) is 32.7 Å². The predicted octanol–water partition coefficient (Wildman–Crippen LogP) is -1.52. The van der Waals surface area contributed by atoms with Gasteiger partial charge in [0, 0.05) is 18.3 Å². The van der Waals surface area contributed by atoms with Crippen molar-refractivity contribution in [2.75, 3.05) is 6.54 Å². The highest BCUT2D eigenvalue weighted by Gasteiger charge is 2.27. The number of H-pyrrole nitrogens is 1. The normalized spacial score (nSPS) is 14.4. The average molecular weight is 354 g/mol. The zero-order valence-electron chi connectivity index (χ0n) is 14.2. The van der Waals surface area contributed by atoms with Crippen LogP contribution >= 0.6 is 0 Å². The second-order valence-electron chi connectivity index (χ2n) is 5.81. The molecule has 0 aromatic carbocycles. The molecule has 140 valence electrons. The molecule has 0 fully saturated rings. The number of rotatable bonds is 11. The number of aromatic nitrogens is 2. The maximum Gasteiger partial charge on any atom is 0.326 e. The van der Waals surface area contributed by atoms with Crippen LogP contribution in [0.3, 0.4) is 0 Å². The Bertz CT molecular complexity index is 560. The number of unbranched alkanes of at least 4 members (excludes halogenated alkanes) is 1. The van der Waals surface area contributed by atoms with Crippen LogP contribution in [-0.2, 0) is 20.8 Å². The van der Waals surface area contributed by atoms with E-state index in [0.717, 1.165) is 0 Å². The van der Waals surface area contributed by atoms with Crippen molar-refractivity contribution in [1.82, 2.24) is 20.6 Å². The molecule has 0 aliphatic heterocycles. The highest BCUT2D eigenvalue weighted by Crippen LogP contribution is 2.04. The van der Waals surface area contributed by atoms with Crippen LogP contribution in [0.2, 0.25) is 0 Å². The topological polar surface area (TPSA) is 176 Å². The second kappa shape index (κ2) is 10.4. The van der Waals surface area contributed by atoms with Crippen molar-refractivity contribution in [3.63, 3.8) is 0 Å². The number of nitrogens with two attached hydrogens (primary N) is 2. The fourth-order valence-corrected chi connectivity index (χ4v) is 2.15. The van der Waals surface area contributed by atoms with Gasteiger partial charge in [0.05, 0.1) is 12.4 Å². The van der Waals surface area contributed by atoms with Crippen LogP contribution in [0.5, 0.6) is 0 Å². The summed E-state index contributed by atoms with van der Waals surface area (Å²) in [5, 5.41) is 14.3. The van der Waals surface area contributed by atoms with E-state index < -0.39 is 35.9 Å². The zero-order chi connectivity index (χ0) is 18.8. The molecule has 1 heterocycles. The fraction of sp³-hybridized carbons (Fsp3) is 0.600. The average Bonchev–Trinajstić information content (AvgIpc) is 3.06. The number of imidazole rings is 1. The van der Waals surface area contributed by atoms with Crippen LogP contribution in [0.15, 0.2) is 12.5 Å². The molecule has 10 heteroatoms. The van der Waals surface area contributed by atoms with Crippen LogP contribution in [0.25, 0.3) is 0 Å². The number of carboxylic acids is 1. The molecule has 1 rings (SSSR count). The highest BCUT2D eigenvalue weighted by molar-refractivity contribution is 5.91. The zero-order valence-corrected chi connectivity index (χ0v) is 14.2. The molecule has 0 unspecified atom stereocenters. The molecule has 25 heavy (non-hydrogen) atoms. The molecule has 0 radical (unpaired) electrons. The van der Waals surface area contributed by atoms with E-state index in [4.69, 9.17) is 11.5 Å². The first-order valence-electron chi connectivity index (χ1n) is 8.11. The summed E-state index contributed by atoms with van der Waals surface area (Å²) in [5.41, 5.74) is 11.5. The van der Waals surface area contributed by atoms with E-state index in [9.17, 15) is 19.5 Å². The van der Waals surface area contributed by atoms with E-state index in [0.29, 0.717) is 25.1 Å². The van der Waals surface area contributed by atoms with Gasteiger partial charge >= 0.3 is 5.97 Å². The molecule has 0 aliphatic rings. The summed E-state index contributed by atoms with van der Waals surface area (Å²) in [5.74, 6) is -2.23. The van der Waals surface area contributed by atoms with E-state index in [1.54, 1.807) is 0 Å². The van der Waals surface area contributed by atoms with Gasteiger partial charge in [0.1, 0.15) is 12.1 Å². The van der Waals surface area contributed by atoms with Gasteiger partial charge < -0.3 is 32.2 Å². The molecule has 0 saturated carbocycles. The Morgan fingerprint density at radius 3 is 2.44 bits per heavy atom. The molecule has 2 amide bonds. The monoisotopic (exact) mass is 354 g/mol. The van der Waals surface area contributed by atoms with Gasteiger partial charge in [-0.1, -0.05) is 0 Å². The van der Waals surface area contributed by atoms with E-state index in [2.05, 4.69) is 20.6 Å². The first-order chi connectivity index (χ1) is 11.8. The first kappa shape index (κ1) is 20.6. The number of aromatic amines is 1. The third-order valence-corrected chi connectivity index (χ3v) is 3.59. The van der Waals surface area contributed by atoms with Gasteiger partial charge in [0.25, 0.3) is 0 Å². The van der Waals surface area contributed by atoms with E-state index >= 15 is 0 Å².